The Morgan fingerprint density at radius 1 is 1.14 bits per heavy atom. The number of morpholine rings is 1. The van der Waals surface area contributed by atoms with Gasteiger partial charge in [-0.05, 0) is 49.7 Å². The minimum atomic E-state index is -3.46. The van der Waals surface area contributed by atoms with Crippen LogP contribution in [0, 0.1) is 6.92 Å². The van der Waals surface area contributed by atoms with Crippen molar-refractivity contribution in [2.45, 2.75) is 31.1 Å². The number of thiocarbonyl (C=S) groups is 1. The predicted molar refractivity (Wildman–Crippen MR) is 115 cm³/mol. The summed E-state index contributed by atoms with van der Waals surface area (Å²) in [6, 6.07) is 5.20. The Balaban J connectivity index is 1.58. The Morgan fingerprint density at radius 2 is 1.86 bits per heavy atom. The number of rotatable bonds is 6. The maximum atomic E-state index is 12.9. The molecule has 2 N–H and O–H groups in total. The number of hydrogen-bond donors (Lipinski definition) is 2. The maximum Gasteiger partial charge on any atom is 0.243 e. The molecule has 2 aliphatic heterocycles. The quantitative estimate of drug-likeness (QED) is 0.672. The highest BCUT2D eigenvalue weighted by Crippen LogP contribution is 2.25. The standard InChI is InChI=1S/C19H30N4O3S2/c1-16-5-6-17(28(24,25)23-8-3-2-4-9-23)15-18(16)21-19(27)20-7-10-22-11-13-26-14-12-22/h5-6,15H,2-4,7-14H2,1H3,(H2,20,21,27). The zero-order valence-electron chi connectivity index (χ0n) is 16.4. The van der Waals surface area contributed by atoms with Gasteiger partial charge in [-0.3, -0.25) is 4.90 Å². The molecule has 2 aliphatic rings. The lowest BCUT2D eigenvalue weighted by Gasteiger charge is -2.27. The minimum absolute atomic E-state index is 0.318. The molecular weight excluding hydrogens is 396 g/mol. The van der Waals surface area contributed by atoms with Gasteiger partial charge in [-0.2, -0.15) is 4.31 Å². The maximum absolute atomic E-state index is 12.9. The number of nitrogens with one attached hydrogen (secondary N) is 2. The molecule has 0 bridgehead atoms. The van der Waals surface area contributed by atoms with Gasteiger partial charge < -0.3 is 15.4 Å². The van der Waals surface area contributed by atoms with Crippen molar-refractivity contribution in [2.75, 3.05) is 57.8 Å². The third kappa shape index (κ3) is 5.64. The second kappa shape index (κ2) is 9.98. The molecule has 0 unspecified atom stereocenters. The average Bonchev–Trinajstić information content (AvgIpc) is 2.71. The van der Waals surface area contributed by atoms with E-state index in [0.29, 0.717) is 23.1 Å². The smallest absolute Gasteiger partial charge is 0.243 e. The molecule has 2 fully saturated rings. The van der Waals surface area contributed by atoms with Crippen molar-refractivity contribution in [3.63, 3.8) is 0 Å². The number of anilines is 1. The molecule has 0 aliphatic carbocycles. The van der Waals surface area contributed by atoms with Crippen molar-refractivity contribution in [2.24, 2.45) is 0 Å². The van der Waals surface area contributed by atoms with Gasteiger partial charge in [0.1, 0.15) is 0 Å². The SMILES string of the molecule is Cc1ccc(S(=O)(=O)N2CCCCC2)cc1NC(=S)NCCN1CCOCC1. The van der Waals surface area contributed by atoms with E-state index < -0.39 is 10.0 Å². The van der Waals surface area contributed by atoms with E-state index in [0.717, 1.165) is 69.9 Å². The predicted octanol–water partition coefficient (Wildman–Crippen LogP) is 1.79. The summed E-state index contributed by atoms with van der Waals surface area (Å²) in [5.41, 5.74) is 1.68. The highest BCUT2D eigenvalue weighted by atomic mass is 32.2. The molecule has 3 rings (SSSR count). The first-order chi connectivity index (χ1) is 13.5. The molecule has 0 radical (unpaired) electrons. The van der Waals surface area contributed by atoms with Gasteiger partial charge in [0.25, 0.3) is 0 Å². The number of benzene rings is 1. The molecule has 2 heterocycles. The summed E-state index contributed by atoms with van der Waals surface area (Å²) in [4.78, 5) is 2.65. The van der Waals surface area contributed by atoms with Crippen molar-refractivity contribution in [1.29, 1.82) is 0 Å². The van der Waals surface area contributed by atoms with Crippen molar-refractivity contribution in [3.05, 3.63) is 23.8 Å². The lowest BCUT2D eigenvalue weighted by molar-refractivity contribution is 0.0389. The van der Waals surface area contributed by atoms with Crippen LogP contribution in [0.3, 0.4) is 0 Å². The lowest BCUT2D eigenvalue weighted by atomic mass is 10.2. The normalized spacial score (nSPS) is 19.3. The van der Waals surface area contributed by atoms with Gasteiger partial charge >= 0.3 is 0 Å². The fourth-order valence-electron chi connectivity index (χ4n) is 3.47. The van der Waals surface area contributed by atoms with Crippen LogP contribution >= 0.6 is 12.2 Å². The van der Waals surface area contributed by atoms with Crippen molar-refractivity contribution in [1.82, 2.24) is 14.5 Å². The molecule has 0 atom stereocenters. The van der Waals surface area contributed by atoms with Gasteiger partial charge in [0, 0.05) is 45.0 Å². The van der Waals surface area contributed by atoms with Crippen molar-refractivity contribution >= 4 is 33.0 Å². The van der Waals surface area contributed by atoms with Crippen LogP contribution in [0.4, 0.5) is 5.69 Å². The first kappa shape index (κ1) is 21.4. The Morgan fingerprint density at radius 3 is 2.57 bits per heavy atom. The minimum Gasteiger partial charge on any atom is -0.379 e. The number of piperidine rings is 1. The van der Waals surface area contributed by atoms with Crippen molar-refractivity contribution < 1.29 is 13.2 Å². The third-order valence-electron chi connectivity index (χ3n) is 5.23. The molecule has 1 aromatic carbocycles. The van der Waals surface area contributed by atoms with Gasteiger partial charge in [-0.25, -0.2) is 8.42 Å². The Labute approximate surface area is 173 Å². The largest absolute Gasteiger partial charge is 0.379 e. The Hall–Kier alpha value is -1.26. The zero-order chi connectivity index (χ0) is 20.0. The number of ether oxygens (including phenoxy) is 1. The first-order valence-corrected chi connectivity index (χ1v) is 11.8. The summed E-state index contributed by atoms with van der Waals surface area (Å²) in [6.45, 7) is 8.20. The molecule has 0 aromatic heterocycles. The van der Waals surface area contributed by atoms with Gasteiger partial charge in [-0.15, -0.1) is 0 Å². The summed E-state index contributed by atoms with van der Waals surface area (Å²) in [7, 11) is -3.46. The van der Waals surface area contributed by atoms with E-state index in [-0.39, 0.29) is 0 Å². The summed E-state index contributed by atoms with van der Waals surface area (Å²) < 4.78 is 32.8. The molecule has 156 valence electrons. The van der Waals surface area contributed by atoms with Gasteiger partial charge in [0.2, 0.25) is 10.0 Å². The van der Waals surface area contributed by atoms with Crippen molar-refractivity contribution in [3.8, 4) is 0 Å². The van der Waals surface area contributed by atoms with Crippen LogP contribution in [0.15, 0.2) is 23.1 Å². The Bertz CT molecular complexity index is 773. The van der Waals surface area contributed by atoms with Crippen LogP contribution in [-0.4, -0.2) is 75.2 Å². The van der Waals surface area contributed by atoms with Gasteiger partial charge in [-0.1, -0.05) is 12.5 Å². The Kier molecular flexibility index (Phi) is 7.64. The van der Waals surface area contributed by atoms with Crippen LogP contribution in [0.1, 0.15) is 24.8 Å². The van der Waals surface area contributed by atoms with Gasteiger partial charge in [0.15, 0.2) is 5.11 Å². The summed E-state index contributed by atoms with van der Waals surface area (Å²) in [5, 5.41) is 6.87. The molecule has 1 aromatic rings. The van der Waals surface area contributed by atoms with E-state index in [1.165, 1.54) is 0 Å². The number of sulfonamides is 1. The molecule has 28 heavy (non-hydrogen) atoms. The summed E-state index contributed by atoms with van der Waals surface area (Å²) in [5.74, 6) is 0. The van der Waals surface area contributed by atoms with Crippen LogP contribution in [0.2, 0.25) is 0 Å². The second-order valence-electron chi connectivity index (χ2n) is 7.28. The third-order valence-corrected chi connectivity index (χ3v) is 7.37. The first-order valence-electron chi connectivity index (χ1n) is 9.92. The molecule has 0 amide bonds. The fourth-order valence-corrected chi connectivity index (χ4v) is 5.23. The van der Waals surface area contributed by atoms with E-state index in [4.69, 9.17) is 17.0 Å². The molecular formula is C19H30N4O3S2. The number of aryl methyl sites for hydroxylation is 1. The number of hydrogen-bond acceptors (Lipinski definition) is 5. The molecule has 0 spiro atoms. The van der Waals surface area contributed by atoms with E-state index in [1.807, 2.05) is 13.0 Å². The lowest BCUT2D eigenvalue weighted by Crippen LogP contribution is -2.42. The van der Waals surface area contributed by atoms with E-state index >= 15 is 0 Å². The number of nitrogens with zero attached hydrogens (tertiary/aromatic N) is 2. The highest BCUT2D eigenvalue weighted by molar-refractivity contribution is 7.89. The molecule has 7 nitrogen and oxygen atoms in total. The monoisotopic (exact) mass is 426 g/mol. The summed E-state index contributed by atoms with van der Waals surface area (Å²) in [6.07, 6.45) is 2.94. The van der Waals surface area contributed by atoms with E-state index in [1.54, 1.807) is 16.4 Å². The second-order valence-corrected chi connectivity index (χ2v) is 9.62. The van der Waals surface area contributed by atoms with Crippen LogP contribution < -0.4 is 10.6 Å². The summed E-state index contributed by atoms with van der Waals surface area (Å²) >= 11 is 5.40. The molecule has 9 heteroatoms. The molecule has 0 saturated carbocycles. The van der Waals surface area contributed by atoms with Crippen LogP contribution in [0.5, 0.6) is 0 Å². The average molecular weight is 427 g/mol. The highest BCUT2D eigenvalue weighted by Gasteiger charge is 2.26. The molecule has 2 saturated heterocycles. The van der Waals surface area contributed by atoms with Crippen LogP contribution in [0.25, 0.3) is 0 Å². The van der Waals surface area contributed by atoms with E-state index in [2.05, 4.69) is 15.5 Å². The van der Waals surface area contributed by atoms with Gasteiger partial charge in [0.05, 0.1) is 18.1 Å². The fraction of sp³-hybridized carbons (Fsp3) is 0.632. The topological polar surface area (TPSA) is 73.9 Å². The zero-order valence-corrected chi connectivity index (χ0v) is 18.1. The van der Waals surface area contributed by atoms with Crippen LogP contribution in [-0.2, 0) is 14.8 Å². The van der Waals surface area contributed by atoms with E-state index in [9.17, 15) is 8.42 Å².